The molecule has 1 N–H and O–H groups in total. The zero-order chi connectivity index (χ0) is 15.6. The first-order chi connectivity index (χ1) is 9.91. The normalized spacial score (nSPS) is 14.1. The smallest absolute Gasteiger partial charge is 0.228 e. The van der Waals surface area contributed by atoms with E-state index in [1.165, 1.54) is 0 Å². The van der Waals surface area contributed by atoms with Crippen LogP contribution < -0.4 is 5.32 Å². The Morgan fingerprint density at radius 2 is 1.81 bits per heavy atom. The molecule has 2 aromatic rings. The van der Waals surface area contributed by atoms with Gasteiger partial charge < -0.3 is 5.32 Å². The highest BCUT2D eigenvalue weighted by atomic mass is 16.1. The first-order valence-corrected chi connectivity index (χ1v) is 4.82. The zero-order valence-electron chi connectivity index (χ0n) is 13.5. The van der Waals surface area contributed by atoms with Crippen LogP contribution in [0.5, 0.6) is 0 Å². The minimum absolute atomic E-state index is 0.0724. The van der Waals surface area contributed by atoms with Crippen LogP contribution in [-0.4, -0.2) is 5.91 Å². The van der Waals surface area contributed by atoms with Crippen LogP contribution in [0.3, 0.4) is 0 Å². The maximum atomic E-state index is 11.9. The Morgan fingerprint density at radius 1 is 1.12 bits per heavy atom. The molecule has 0 aliphatic carbocycles. The molecule has 2 rings (SSSR count). The lowest BCUT2D eigenvalue weighted by molar-refractivity contribution is -0.115. The van der Waals surface area contributed by atoms with Gasteiger partial charge in [0.1, 0.15) is 0 Å². The van der Waals surface area contributed by atoms with Crippen molar-refractivity contribution in [3.63, 3.8) is 0 Å². The Kier molecular flexibility index (Phi) is 1.87. The topological polar surface area (TPSA) is 29.1 Å². The van der Waals surface area contributed by atoms with E-state index in [0.717, 1.165) is 5.56 Å². The monoisotopic (exact) mass is 216 g/mol. The predicted molar refractivity (Wildman–Crippen MR) is 65.2 cm³/mol. The molecule has 16 heavy (non-hydrogen) atoms. The van der Waals surface area contributed by atoms with E-state index in [4.69, 9.17) is 6.85 Å². The number of amides is 1. The van der Waals surface area contributed by atoms with Gasteiger partial charge in [0.25, 0.3) is 0 Å². The minimum atomic E-state index is -0.481. The Morgan fingerprint density at radius 3 is 2.50 bits per heavy atom. The summed E-state index contributed by atoms with van der Waals surface area (Å²) in [6, 6.07) is 6.74. The zero-order valence-corrected chi connectivity index (χ0v) is 8.50. The molecule has 0 unspecified atom stereocenters. The molecule has 2 nitrogen and oxygen atoms in total. The van der Waals surface area contributed by atoms with E-state index >= 15 is 0 Å². The lowest BCUT2D eigenvalue weighted by Crippen LogP contribution is -2.14. The van der Waals surface area contributed by atoms with E-state index in [2.05, 4.69) is 5.32 Å². The Hall–Kier alpha value is -2.09. The third-order valence-corrected chi connectivity index (χ3v) is 1.97. The quantitative estimate of drug-likeness (QED) is 0.839. The predicted octanol–water partition coefficient (Wildman–Crippen LogP) is 2.87. The van der Waals surface area contributed by atoms with Crippen molar-refractivity contribution in [3.05, 3.63) is 66.1 Å². The van der Waals surface area contributed by atoms with Crippen LogP contribution in [0.25, 0.3) is 0 Å². The van der Waals surface area contributed by atoms with Crippen molar-refractivity contribution in [1.82, 2.24) is 0 Å². The first kappa shape index (κ1) is 5.85. The maximum absolute atomic E-state index is 11.9. The van der Waals surface area contributed by atoms with Gasteiger partial charge in [0.15, 0.2) is 0 Å². The van der Waals surface area contributed by atoms with E-state index in [0.29, 0.717) is 0 Å². The number of benzene rings is 2. The molecule has 0 bridgehead atoms. The summed E-state index contributed by atoms with van der Waals surface area (Å²) in [5.74, 6) is -0.431. The van der Waals surface area contributed by atoms with Crippen LogP contribution in [0.1, 0.15) is 12.4 Å². The number of anilines is 1. The molecule has 0 fully saturated rings. The second-order valence-corrected chi connectivity index (χ2v) is 3.21. The molecule has 2 heteroatoms. The second kappa shape index (κ2) is 5.12. The molecule has 0 saturated heterocycles. The Balaban J connectivity index is 2.26. The van der Waals surface area contributed by atoms with Crippen LogP contribution in [0.2, 0.25) is 0 Å². The highest BCUT2D eigenvalue weighted by Crippen LogP contribution is 2.06. The van der Waals surface area contributed by atoms with Crippen molar-refractivity contribution in [3.8, 4) is 0 Å². The molecular weight excluding hydrogens is 198 g/mol. The summed E-state index contributed by atoms with van der Waals surface area (Å²) >= 11 is 0. The van der Waals surface area contributed by atoms with Gasteiger partial charge in [-0.2, -0.15) is 0 Å². The summed E-state index contributed by atoms with van der Waals surface area (Å²) in [6.07, 6.45) is 0.0724. The number of para-hydroxylation sites is 1. The fourth-order valence-electron chi connectivity index (χ4n) is 1.28. The molecular formula is C14H13NO. The number of hydrogen-bond acceptors (Lipinski definition) is 1. The Bertz CT molecular complexity index is 659. The van der Waals surface area contributed by atoms with Gasteiger partial charge in [-0.3, -0.25) is 4.79 Å². The summed E-state index contributed by atoms with van der Waals surface area (Å²) < 4.78 is 38.0. The molecule has 1 amide bonds. The lowest BCUT2D eigenvalue weighted by atomic mass is 10.1. The third-order valence-electron chi connectivity index (χ3n) is 1.97. The van der Waals surface area contributed by atoms with E-state index in [-0.39, 0.29) is 12.1 Å². The second-order valence-electron chi connectivity index (χ2n) is 3.21. The molecule has 0 heterocycles. The number of nitrogens with one attached hydrogen (secondary N) is 1. The van der Waals surface area contributed by atoms with Gasteiger partial charge in [0.05, 0.1) is 13.3 Å². The van der Waals surface area contributed by atoms with Crippen LogP contribution >= 0.6 is 0 Å². The summed E-state index contributed by atoms with van der Waals surface area (Å²) in [4.78, 5) is 11.9. The van der Waals surface area contributed by atoms with E-state index in [1.807, 2.05) is 6.07 Å². The largest absolute Gasteiger partial charge is 0.326 e. The average molecular weight is 216 g/mol. The van der Waals surface area contributed by atoms with Crippen LogP contribution in [0, 0.1) is 0 Å². The van der Waals surface area contributed by atoms with Crippen LogP contribution in [0.15, 0.2) is 60.5 Å². The van der Waals surface area contributed by atoms with Gasteiger partial charge in [-0.1, -0.05) is 48.5 Å². The Labute approximate surface area is 102 Å². The highest BCUT2D eigenvalue weighted by Gasteiger charge is 2.02. The van der Waals surface area contributed by atoms with Gasteiger partial charge >= 0.3 is 0 Å². The van der Waals surface area contributed by atoms with E-state index in [9.17, 15) is 4.79 Å². The highest BCUT2D eigenvalue weighted by molar-refractivity contribution is 5.92. The minimum Gasteiger partial charge on any atom is -0.326 e. The van der Waals surface area contributed by atoms with Gasteiger partial charge in [0.2, 0.25) is 5.91 Å². The van der Waals surface area contributed by atoms with Gasteiger partial charge in [0, 0.05) is 5.69 Å². The number of carbonyl (C=O) groups is 1. The van der Waals surface area contributed by atoms with Gasteiger partial charge in [-0.25, -0.2) is 0 Å². The molecule has 0 saturated carbocycles. The average Bonchev–Trinajstić information content (AvgIpc) is 2.48. The van der Waals surface area contributed by atoms with E-state index in [1.54, 1.807) is 24.3 Å². The number of rotatable bonds is 3. The SMILES string of the molecule is [2H]c1c([2H])c([2H])c(NC(=O)Cc2ccccc2)c([2H])c1[2H]. The molecule has 80 valence electrons. The van der Waals surface area contributed by atoms with Crippen molar-refractivity contribution in [2.45, 2.75) is 6.42 Å². The molecule has 0 aliphatic rings. The van der Waals surface area contributed by atoms with Gasteiger partial charge in [-0.15, -0.1) is 0 Å². The standard InChI is InChI=1S/C14H13NO/c16-14(11-12-7-3-1-4-8-12)15-13-9-5-2-6-10-13/h1-10H,11H2,(H,15,16)/i2D,5D,6D,9D,10D. The summed E-state index contributed by atoms with van der Waals surface area (Å²) in [5.41, 5.74) is 0.587. The summed E-state index contributed by atoms with van der Waals surface area (Å²) in [5, 5.41) is 2.40. The van der Waals surface area contributed by atoms with Crippen LogP contribution in [0.4, 0.5) is 5.69 Å². The molecule has 0 radical (unpaired) electrons. The molecule has 0 aromatic heterocycles. The van der Waals surface area contributed by atoms with E-state index < -0.39 is 36.1 Å². The molecule has 0 spiro atoms. The van der Waals surface area contributed by atoms with Crippen LogP contribution in [-0.2, 0) is 11.2 Å². The van der Waals surface area contributed by atoms with Crippen molar-refractivity contribution in [2.75, 3.05) is 5.32 Å². The van der Waals surface area contributed by atoms with Gasteiger partial charge in [-0.05, 0) is 17.6 Å². The van der Waals surface area contributed by atoms with Crippen molar-refractivity contribution < 1.29 is 11.6 Å². The van der Waals surface area contributed by atoms with Crippen molar-refractivity contribution in [1.29, 1.82) is 0 Å². The molecule has 0 aliphatic heterocycles. The maximum Gasteiger partial charge on any atom is 0.228 e. The molecule has 2 aromatic carbocycles. The fraction of sp³-hybridized carbons (Fsp3) is 0.0714. The molecule has 0 atom stereocenters. The van der Waals surface area contributed by atoms with Crippen molar-refractivity contribution in [2.24, 2.45) is 0 Å². The third kappa shape index (κ3) is 2.95. The first-order valence-electron chi connectivity index (χ1n) is 7.32. The summed E-state index contributed by atoms with van der Waals surface area (Å²) in [6.45, 7) is 0. The van der Waals surface area contributed by atoms with Crippen molar-refractivity contribution >= 4 is 11.6 Å². The number of carbonyl (C=O) groups excluding carboxylic acids is 1. The lowest BCUT2D eigenvalue weighted by Gasteiger charge is -2.04. The fourth-order valence-corrected chi connectivity index (χ4v) is 1.28. The number of hydrogen-bond donors (Lipinski definition) is 1. The summed E-state index contributed by atoms with van der Waals surface area (Å²) in [7, 11) is 0.